The third kappa shape index (κ3) is 3.59. The fourth-order valence-electron chi connectivity index (χ4n) is 2.61. The van der Waals surface area contributed by atoms with Gasteiger partial charge in [-0.25, -0.2) is 0 Å². The van der Waals surface area contributed by atoms with Gasteiger partial charge >= 0.3 is 6.18 Å². The van der Waals surface area contributed by atoms with Gasteiger partial charge in [0, 0.05) is 31.7 Å². The molecule has 0 bridgehead atoms. The van der Waals surface area contributed by atoms with Crippen LogP contribution in [0, 0.1) is 0 Å². The van der Waals surface area contributed by atoms with Gasteiger partial charge in [0.15, 0.2) is 0 Å². The van der Waals surface area contributed by atoms with Crippen LogP contribution in [0.25, 0.3) is 0 Å². The molecule has 6 heteroatoms. The first-order valence-electron chi connectivity index (χ1n) is 6.57. The fourth-order valence-corrected chi connectivity index (χ4v) is 2.61. The van der Waals surface area contributed by atoms with Gasteiger partial charge in [-0.2, -0.15) is 13.2 Å². The molecule has 3 unspecified atom stereocenters. The second kappa shape index (κ2) is 6.21. The number of likely N-dealkylation sites (N-methyl/N-ethyl adjacent to an activating group) is 1. The van der Waals surface area contributed by atoms with Crippen LogP contribution in [-0.4, -0.2) is 60.8 Å². The van der Waals surface area contributed by atoms with Crippen LogP contribution in [0.1, 0.15) is 26.7 Å². The van der Waals surface area contributed by atoms with Crippen LogP contribution in [0.2, 0.25) is 0 Å². The van der Waals surface area contributed by atoms with Crippen molar-refractivity contribution in [3.8, 4) is 0 Å². The van der Waals surface area contributed by atoms with Crippen LogP contribution in [0.3, 0.4) is 0 Å². The quantitative estimate of drug-likeness (QED) is 0.841. The molecule has 18 heavy (non-hydrogen) atoms. The largest absolute Gasteiger partial charge is 0.405 e. The third-order valence-corrected chi connectivity index (χ3v) is 3.89. The highest BCUT2D eigenvalue weighted by molar-refractivity contribution is 4.92. The van der Waals surface area contributed by atoms with Gasteiger partial charge < -0.3 is 10.6 Å². The molecule has 1 fully saturated rings. The van der Waals surface area contributed by atoms with E-state index in [1.54, 1.807) is 6.92 Å². The number of nitrogens with zero attached hydrogens (tertiary/aromatic N) is 2. The van der Waals surface area contributed by atoms with E-state index in [0.717, 1.165) is 6.42 Å². The summed E-state index contributed by atoms with van der Waals surface area (Å²) >= 11 is 0. The number of alkyl halides is 3. The molecule has 0 spiro atoms. The van der Waals surface area contributed by atoms with E-state index >= 15 is 0 Å². The average molecular weight is 267 g/mol. The van der Waals surface area contributed by atoms with Gasteiger partial charge in [0.1, 0.15) is 6.04 Å². The zero-order valence-electron chi connectivity index (χ0n) is 11.4. The molecule has 3 nitrogen and oxygen atoms in total. The van der Waals surface area contributed by atoms with Crippen LogP contribution in [0.15, 0.2) is 0 Å². The smallest absolute Gasteiger partial charge is 0.326 e. The maximum absolute atomic E-state index is 13.1. The second-order valence-corrected chi connectivity index (χ2v) is 5.10. The minimum atomic E-state index is -4.25. The molecule has 0 aromatic rings. The Hall–Kier alpha value is -0.330. The summed E-state index contributed by atoms with van der Waals surface area (Å²) in [6.45, 7) is 5.26. The molecule has 0 radical (unpaired) electrons. The van der Waals surface area contributed by atoms with Crippen LogP contribution in [-0.2, 0) is 0 Å². The normalized spacial score (nSPS) is 27.2. The highest BCUT2D eigenvalue weighted by Crippen LogP contribution is 2.29. The van der Waals surface area contributed by atoms with E-state index in [1.165, 1.54) is 4.90 Å². The Morgan fingerprint density at radius 3 is 2.33 bits per heavy atom. The maximum atomic E-state index is 13.1. The summed E-state index contributed by atoms with van der Waals surface area (Å²) in [6.07, 6.45) is -3.05. The predicted molar refractivity (Wildman–Crippen MR) is 66.4 cm³/mol. The number of rotatable bonds is 4. The van der Waals surface area contributed by atoms with Gasteiger partial charge in [-0.3, -0.25) is 4.90 Å². The number of hydrogen-bond donors (Lipinski definition) is 1. The Morgan fingerprint density at radius 1 is 1.28 bits per heavy atom. The van der Waals surface area contributed by atoms with E-state index in [-0.39, 0.29) is 6.04 Å². The van der Waals surface area contributed by atoms with Crippen molar-refractivity contribution in [2.75, 3.05) is 26.7 Å². The van der Waals surface area contributed by atoms with Gasteiger partial charge in [0.05, 0.1) is 0 Å². The standard InChI is InChI=1S/C12H24F3N3/c1-4-9-8-18(7-6-17(9)3)11(10(16)5-2)12(13,14)15/h9-11H,4-8,16H2,1-3H3. The zero-order valence-corrected chi connectivity index (χ0v) is 11.4. The summed E-state index contributed by atoms with van der Waals surface area (Å²) in [5, 5.41) is 0. The van der Waals surface area contributed by atoms with Gasteiger partial charge in [0.25, 0.3) is 0 Å². The third-order valence-electron chi connectivity index (χ3n) is 3.89. The summed E-state index contributed by atoms with van der Waals surface area (Å²) in [7, 11) is 1.97. The van der Waals surface area contributed by atoms with Gasteiger partial charge in [0.2, 0.25) is 0 Å². The average Bonchev–Trinajstić information content (AvgIpc) is 2.29. The maximum Gasteiger partial charge on any atom is 0.405 e. The summed E-state index contributed by atoms with van der Waals surface area (Å²) in [4.78, 5) is 3.64. The SMILES string of the molecule is CCC(N)C(N1CCN(C)C(CC)C1)C(F)(F)F. The molecule has 0 aliphatic carbocycles. The van der Waals surface area contributed by atoms with Crippen molar-refractivity contribution in [3.63, 3.8) is 0 Å². The Labute approximate surface area is 107 Å². The van der Waals surface area contributed by atoms with E-state index in [2.05, 4.69) is 4.90 Å². The summed E-state index contributed by atoms with van der Waals surface area (Å²) < 4.78 is 39.4. The molecule has 1 rings (SSSR count). The molecule has 1 aliphatic rings. The highest BCUT2D eigenvalue weighted by atomic mass is 19.4. The molecule has 0 saturated carbocycles. The summed E-state index contributed by atoms with van der Waals surface area (Å²) in [5.74, 6) is 0. The number of nitrogens with two attached hydrogens (primary N) is 1. The molecule has 1 aliphatic heterocycles. The Kier molecular flexibility index (Phi) is 5.43. The Balaban J connectivity index is 2.80. The van der Waals surface area contributed by atoms with E-state index in [4.69, 9.17) is 5.73 Å². The van der Waals surface area contributed by atoms with Crippen molar-refractivity contribution in [2.45, 2.75) is 51.0 Å². The van der Waals surface area contributed by atoms with Gasteiger partial charge in [-0.15, -0.1) is 0 Å². The minimum absolute atomic E-state index is 0.188. The molecule has 108 valence electrons. The summed E-state index contributed by atoms with van der Waals surface area (Å²) in [5.41, 5.74) is 5.68. The fraction of sp³-hybridized carbons (Fsp3) is 1.00. The molecule has 1 heterocycles. The Morgan fingerprint density at radius 2 is 1.89 bits per heavy atom. The van der Waals surface area contributed by atoms with E-state index in [0.29, 0.717) is 26.1 Å². The van der Waals surface area contributed by atoms with Crippen molar-refractivity contribution in [3.05, 3.63) is 0 Å². The van der Waals surface area contributed by atoms with Crippen LogP contribution >= 0.6 is 0 Å². The van der Waals surface area contributed by atoms with E-state index in [9.17, 15) is 13.2 Å². The lowest BCUT2D eigenvalue weighted by atomic mass is 10.0. The second-order valence-electron chi connectivity index (χ2n) is 5.10. The lowest BCUT2D eigenvalue weighted by Gasteiger charge is -2.44. The molecule has 0 amide bonds. The van der Waals surface area contributed by atoms with Crippen LogP contribution < -0.4 is 5.73 Å². The molecular weight excluding hydrogens is 243 g/mol. The molecule has 0 aromatic heterocycles. The predicted octanol–water partition coefficient (Wildman–Crippen LogP) is 1.68. The summed E-state index contributed by atoms with van der Waals surface area (Å²) in [6, 6.07) is -2.16. The van der Waals surface area contributed by atoms with Gasteiger partial charge in [-0.1, -0.05) is 13.8 Å². The minimum Gasteiger partial charge on any atom is -0.326 e. The Bertz CT molecular complexity index is 257. The molecule has 1 saturated heterocycles. The van der Waals surface area contributed by atoms with Gasteiger partial charge in [-0.05, 0) is 19.9 Å². The van der Waals surface area contributed by atoms with Crippen molar-refractivity contribution in [2.24, 2.45) is 5.73 Å². The highest BCUT2D eigenvalue weighted by Gasteiger charge is 2.47. The molecule has 3 atom stereocenters. The first kappa shape index (κ1) is 15.7. The van der Waals surface area contributed by atoms with E-state index < -0.39 is 18.3 Å². The number of halogens is 3. The zero-order chi connectivity index (χ0) is 13.9. The lowest BCUT2D eigenvalue weighted by Crippen LogP contribution is -2.62. The van der Waals surface area contributed by atoms with Crippen LogP contribution in [0.5, 0.6) is 0 Å². The topological polar surface area (TPSA) is 32.5 Å². The first-order valence-corrected chi connectivity index (χ1v) is 6.57. The van der Waals surface area contributed by atoms with E-state index in [1.807, 2.05) is 14.0 Å². The molecule has 0 aromatic carbocycles. The number of piperazine rings is 1. The van der Waals surface area contributed by atoms with Crippen molar-refractivity contribution in [1.29, 1.82) is 0 Å². The first-order chi connectivity index (χ1) is 8.31. The number of hydrogen-bond acceptors (Lipinski definition) is 3. The monoisotopic (exact) mass is 267 g/mol. The van der Waals surface area contributed by atoms with Crippen molar-refractivity contribution < 1.29 is 13.2 Å². The van der Waals surface area contributed by atoms with Crippen LogP contribution in [0.4, 0.5) is 13.2 Å². The molecule has 2 N–H and O–H groups in total. The molecular formula is C12H24F3N3. The van der Waals surface area contributed by atoms with Crippen molar-refractivity contribution >= 4 is 0 Å². The lowest BCUT2D eigenvalue weighted by molar-refractivity contribution is -0.195. The van der Waals surface area contributed by atoms with Crippen molar-refractivity contribution in [1.82, 2.24) is 9.80 Å².